The molecular weight excluding hydrogens is 488 g/mol. The van der Waals surface area contributed by atoms with Gasteiger partial charge in [-0.2, -0.15) is 5.26 Å². The number of nitriles is 1. The SMILES string of the molecule is N#Cc1ccc(OCC(O)CN(CCOc2ccc(C(N)=O)cc2)CCOc2ccc(C(N)=O)cc2)cc1. The zero-order valence-electron chi connectivity index (χ0n) is 20.8. The second kappa shape index (κ2) is 14.2. The Morgan fingerprint density at radius 3 is 1.61 bits per heavy atom. The van der Waals surface area contributed by atoms with Crippen molar-refractivity contribution in [2.45, 2.75) is 6.10 Å². The first kappa shape index (κ1) is 28.0. The second-order valence-corrected chi connectivity index (χ2v) is 8.38. The van der Waals surface area contributed by atoms with Crippen LogP contribution in [-0.2, 0) is 0 Å². The van der Waals surface area contributed by atoms with Crippen LogP contribution >= 0.6 is 0 Å². The predicted molar refractivity (Wildman–Crippen MR) is 140 cm³/mol. The molecule has 198 valence electrons. The largest absolute Gasteiger partial charge is 0.492 e. The van der Waals surface area contributed by atoms with E-state index in [0.29, 0.717) is 66.8 Å². The first-order valence-electron chi connectivity index (χ1n) is 11.9. The smallest absolute Gasteiger partial charge is 0.248 e. The van der Waals surface area contributed by atoms with Crippen molar-refractivity contribution in [1.29, 1.82) is 5.26 Å². The highest BCUT2D eigenvalue weighted by molar-refractivity contribution is 5.93. The molecule has 0 heterocycles. The Morgan fingerprint density at radius 1 is 0.763 bits per heavy atom. The summed E-state index contributed by atoms with van der Waals surface area (Å²) in [5.74, 6) is 0.712. The van der Waals surface area contributed by atoms with Crippen molar-refractivity contribution < 1.29 is 28.9 Å². The van der Waals surface area contributed by atoms with Crippen LogP contribution in [0, 0.1) is 11.3 Å². The van der Waals surface area contributed by atoms with Crippen molar-refractivity contribution in [3.05, 3.63) is 89.5 Å². The number of hydrogen-bond donors (Lipinski definition) is 3. The fourth-order valence-corrected chi connectivity index (χ4v) is 3.48. The van der Waals surface area contributed by atoms with Crippen molar-refractivity contribution in [2.24, 2.45) is 11.5 Å². The monoisotopic (exact) mass is 518 g/mol. The lowest BCUT2D eigenvalue weighted by molar-refractivity contribution is 0.0582. The van der Waals surface area contributed by atoms with Gasteiger partial charge in [0.1, 0.15) is 43.2 Å². The molecule has 2 amide bonds. The number of amides is 2. The molecule has 0 fully saturated rings. The summed E-state index contributed by atoms with van der Waals surface area (Å²) in [6.45, 7) is 1.97. The van der Waals surface area contributed by atoms with Crippen LogP contribution in [0.4, 0.5) is 0 Å². The van der Waals surface area contributed by atoms with Crippen molar-refractivity contribution >= 4 is 11.8 Å². The summed E-state index contributed by atoms with van der Waals surface area (Å²) in [5.41, 5.74) is 11.8. The molecule has 3 aromatic rings. The van der Waals surface area contributed by atoms with Crippen molar-refractivity contribution in [3.8, 4) is 23.3 Å². The van der Waals surface area contributed by atoms with Crippen LogP contribution in [0.1, 0.15) is 26.3 Å². The number of benzene rings is 3. The highest BCUT2D eigenvalue weighted by Crippen LogP contribution is 2.14. The summed E-state index contributed by atoms with van der Waals surface area (Å²) in [5, 5.41) is 19.5. The van der Waals surface area contributed by atoms with Crippen molar-refractivity contribution in [1.82, 2.24) is 4.90 Å². The predicted octanol–water partition coefficient (Wildman–Crippen LogP) is 1.96. The lowest BCUT2D eigenvalue weighted by Gasteiger charge is -2.25. The van der Waals surface area contributed by atoms with Gasteiger partial charge in [-0.05, 0) is 72.8 Å². The van der Waals surface area contributed by atoms with E-state index >= 15 is 0 Å². The molecule has 10 heteroatoms. The van der Waals surface area contributed by atoms with Gasteiger partial charge in [-0.25, -0.2) is 0 Å². The molecule has 3 rings (SSSR count). The molecule has 5 N–H and O–H groups in total. The van der Waals surface area contributed by atoms with Crippen LogP contribution in [-0.4, -0.2) is 67.4 Å². The minimum Gasteiger partial charge on any atom is -0.492 e. The number of rotatable bonds is 15. The van der Waals surface area contributed by atoms with Gasteiger partial charge >= 0.3 is 0 Å². The van der Waals surface area contributed by atoms with E-state index in [9.17, 15) is 14.7 Å². The molecule has 1 unspecified atom stereocenters. The highest BCUT2D eigenvalue weighted by Gasteiger charge is 2.14. The molecule has 0 spiro atoms. The van der Waals surface area contributed by atoms with E-state index in [1.807, 2.05) is 11.0 Å². The molecule has 0 aliphatic heterocycles. The highest BCUT2D eigenvalue weighted by atomic mass is 16.5. The van der Waals surface area contributed by atoms with E-state index in [1.165, 1.54) is 0 Å². The summed E-state index contributed by atoms with van der Waals surface area (Å²) < 4.78 is 17.2. The molecule has 0 aromatic heterocycles. The van der Waals surface area contributed by atoms with Crippen LogP contribution < -0.4 is 25.7 Å². The summed E-state index contributed by atoms with van der Waals surface area (Å²) in [6, 6.07) is 21.8. The zero-order chi connectivity index (χ0) is 27.3. The van der Waals surface area contributed by atoms with Gasteiger partial charge in [0.05, 0.1) is 11.6 Å². The fraction of sp³-hybridized carbons (Fsp3) is 0.250. The average Bonchev–Trinajstić information content (AvgIpc) is 2.92. The summed E-state index contributed by atoms with van der Waals surface area (Å²) >= 11 is 0. The zero-order valence-corrected chi connectivity index (χ0v) is 20.8. The van der Waals surface area contributed by atoms with Crippen LogP contribution in [0.25, 0.3) is 0 Å². The van der Waals surface area contributed by atoms with Gasteiger partial charge in [0.15, 0.2) is 0 Å². The number of carbonyl (C=O) groups is 2. The summed E-state index contributed by atoms with van der Waals surface area (Å²) in [6.07, 6.45) is -0.796. The molecule has 10 nitrogen and oxygen atoms in total. The summed E-state index contributed by atoms with van der Waals surface area (Å²) in [4.78, 5) is 24.4. The Hall–Kier alpha value is -4.59. The Labute approximate surface area is 220 Å². The van der Waals surface area contributed by atoms with Gasteiger partial charge < -0.3 is 30.8 Å². The average molecular weight is 519 g/mol. The van der Waals surface area contributed by atoms with E-state index in [4.69, 9.17) is 30.9 Å². The van der Waals surface area contributed by atoms with Crippen molar-refractivity contribution in [2.75, 3.05) is 39.5 Å². The number of ether oxygens (including phenoxy) is 3. The Balaban J connectivity index is 1.53. The molecular formula is C28H30N4O6. The van der Waals surface area contributed by atoms with Crippen LogP contribution in [0.2, 0.25) is 0 Å². The first-order chi connectivity index (χ1) is 18.3. The molecule has 38 heavy (non-hydrogen) atoms. The third kappa shape index (κ3) is 9.13. The van der Waals surface area contributed by atoms with E-state index in [0.717, 1.165) is 0 Å². The topological polar surface area (TPSA) is 161 Å². The van der Waals surface area contributed by atoms with Crippen LogP contribution in [0.3, 0.4) is 0 Å². The van der Waals surface area contributed by atoms with E-state index in [1.54, 1.807) is 72.8 Å². The number of carbonyl (C=O) groups excluding carboxylic acids is 2. The second-order valence-electron chi connectivity index (χ2n) is 8.38. The van der Waals surface area contributed by atoms with Crippen molar-refractivity contribution in [3.63, 3.8) is 0 Å². The number of nitrogens with two attached hydrogens (primary N) is 2. The third-order valence-electron chi connectivity index (χ3n) is 5.52. The van der Waals surface area contributed by atoms with Gasteiger partial charge in [0, 0.05) is 30.8 Å². The Morgan fingerprint density at radius 2 is 1.18 bits per heavy atom. The first-order valence-corrected chi connectivity index (χ1v) is 11.9. The molecule has 0 saturated carbocycles. The van der Waals surface area contributed by atoms with Gasteiger partial charge in [-0.1, -0.05) is 0 Å². The quantitative estimate of drug-likeness (QED) is 0.275. The molecule has 0 bridgehead atoms. The molecule has 0 radical (unpaired) electrons. The molecule has 1 atom stereocenters. The fourth-order valence-electron chi connectivity index (χ4n) is 3.48. The van der Waals surface area contributed by atoms with Crippen LogP contribution in [0.15, 0.2) is 72.8 Å². The van der Waals surface area contributed by atoms with Gasteiger partial charge in [-0.15, -0.1) is 0 Å². The van der Waals surface area contributed by atoms with Crippen LogP contribution in [0.5, 0.6) is 17.2 Å². The van der Waals surface area contributed by atoms with E-state index in [2.05, 4.69) is 0 Å². The standard InChI is InChI=1S/C28H30N4O6/c29-17-20-1-7-26(8-2-20)38-19-23(33)18-32(13-15-36-24-9-3-21(4-10-24)27(30)34)14-16-37-25-11-5-22(6-12-25)28(31)35/h1-12,23,33H,13-16,18-19H2,(H2,30,34)(H2,31,35). The lowest BCUT2D eigenvalue weighted by Crippen LogP contribution is -2.40. The maximum absolute atomic E-state index is 11.2. The maximum atomic E-state index is 11.2. The third-order valence-corrected chi connectivity index (χ3v) is 5.52. The van der Waals surface area contributed by atoms with E-state index in [-0.39, 0.29) is 6.61 Å². The van der Waals surface area contributed by atoms with Gasteiger partial charge in [-0.3, -0.25) is 14.5 Å². The number of hydrogen-bond acceptors (Lipinski definition) is 8. The molecule has 3 aromatic carbocycles. The normalized spacial score (nSPS) is 11.4. The number of primary amides is 2. The molecule has 0 aliphatic carbocycles. The molecule has 0 saturated heterocycles. The maximum Gasteiger partial charge on any atom is 0.248 e. The van der Waals surface area contributed by atoms with E-state index < -0.39 is 17.9 Å². The Kier molecular flexibility index (Phi) is 10.5. The lowest BCUT2D eigenvalue weighted by atomic mass is 10.2. The number of nitrogens with zero attached hydrogens (tertiary/aromatic N) is 2. The number of aliphatic hydroxyl groups is 1. The van der Waals surface area contributed by atoms with Gasteiger partial charge in [0.25, 0.3) is 0 Å². The minimum atomic E-state index is -0.796. The van der Waals surface area contributed by atoms with Gasteiger partial charge in [0.2, 0.25) is 11.8 Å². The summed E-state index contributed by atoms with van der Waals surface area (Å²) in [7, 11) is 0. The number of aliphatic hydroxyl groups excluding tert-OH is 1. The molecule has 0 aliphatic rings. The minimum absolute atomic E-state index is 0.0628. The Bertz CT molecular complexity index is 1160.